The molecule has 34 heavy (non-hydrogen) atoms. The molecule has 8 nitrogen and oxygen atoms in total. The molecule has 6 rings (SSSR count). The zero-order chi connectivity index (χ0) is 23.2. The van der Waals surface area contributed by atoms with E-state index in [1.54, 1.807) is 24.5 Å². The first kappa shape index (κ1) is 21.4. The number of thiazole rings is 1. The number of nitrogens with zero attached hydrogens (tertiary/aromatic N) is 6. The minimum absolute atomic E-state index is 0.0213. The molecule has 0 unspecified atom stereocenters. The molecular weight excluding hydrogens is 453 g/mol. The van der Waals surface area contributed by atoms with E-state index >= 15 is 4.39 Å². The van der Waals surface area contributed by atoms with Crippen LogP contribution < -0.4 is 10.2 Å². The monoisotopic (exact) mass is 477 g/mol. The molecule has 4 heterocycles. The molecule has 3 aliphatic rings. The van der Waals surface area contributed by atoms with Crippen LogP contribution in [0.4, 0.5) is 10.2 Å². The molecule has 2 aliphatic heterocycles. The van der Waals surface area contributed by atoms with Crippen LogP contribution in [0.25, 0.3) is 21.8 Å². The number of halogens is 1. The van der Waals surface area contributed by atoms with Gasteiger partial charge in [0.1, 0.15) is 18.0 Å². The first-order chi connectivity index (χ1) is 16.6. The predicted molar refractivity (Wildman–Crippen MR) is 126 cm³/mol. The summed E-state index contributed by atoms with van der Waals surface area (Å²) in [5.74, 6) is 0.932. The highest BCUT2D eigenvalue weighted by atomic mass is 32.1. The Balaban J connectivity index is 1.25. The van der Waals surface area contributed by atoms with Crippen LogP contribution in [0.15, 0.2) is 30.6 Å². The van der Waals surface area contributed by atoms with Crippen molar-refractivity contribution in [2.24, 2.45) is 0 Å². The Hall–Kier alpha value is -3.16. The molecule has 2 aromatic heterocycles. The normalized spacial score (nSPS) is 26.1. The molecule has 2 bridgehead atoms. The number of phenolic OH excluding ortho intramolecular Hbond substituents is 1. The summed E-state index contributed by atoms with van der Waals surface area (Å²) in [5, 5.41) is 32.2. The maximum absolute atomic E-state index is 15.4. The first-order valence-corrected chi connectivity index (χ1v) is 12.5. The zero-order valence-electron chi connectivity index (χ0n) is 18.4. The van der Waals surface area contributed by atoms with Gasteiger partial charge in [-0.15, -0.1) is 21.5 Å². The minimum Gasteiger partial charge on any atom is -0.507 e. The quantitative estimate of drug-likeness (QED) is 0.570. The van der Waals surface area contributed by atoms with Crippen LogP contribution in [-0.4, -0.2) is 55.6 Å². The molecule has 1 aliphatic carbocycles. The summed E-state index contributed by atoms with van der Waals surface area (Å²) in [6, 6.07) is 7.54. The topological polar surface area (TPSA) is 111 Å². The van der Waals surface area contributed by atoms with Gasteiger partial charge >= 0.3 is 0 Å². The SMILES string of the molecule is N#Cc1ncc(-c2ccc(-c3ncc(N(C4CC4)[C@H]4C[C@@H]5CCC[C@@H](N5)[C@H]4F)nn3)c(O)c2)s1. The molecule has 3 fully saturated rings. The summed E-state index contributed by atoms with van der Waals surface area (Å²) >= 11 is 1.26. The summed E-state index contributed by atoms with van der Waals surface area (Å²) in [6.07, 6.45) is 8.21. The molecule has 3 aromatic rings. The van der Waals surface area contributed by atoms with Crippen molar-refractivity contribution >= 4 is 17.2 Å². The molecule has 1 saturated carbocycles. The summed E-state index contributed by atoms with van der Waals surface area (Å²) in [6.45, 7) is 0. The lowest BCUT2D eigenvalue weighted by Crippen LogP contribution is -2.62. The van der Waals surface area contributed by atoms with E-state index in [0.717, 1.165) is 49.0 Å². The van der Waals surface area contributed by atoms with Crippen molar-refractivity contribution in [3.05, 3.63) is 35.6 Å². The number of aromatic hydroxyl groups is 1. The molecule has 1 aromatic carbocycles. The van der Waals surface area contributed by atoms with E-state index in [2.05, 4.69) is 30.4 Å². The summed E-state index contributed by atoms with van der Waals surface area (Å²) in [5.41, 5.74) is 1.22. The second kappa shape index (κ2) is 8.56. The van der Waals surface area contributed by atoms with Gasteiger partial charge < -0.3 is 15.3 Å². The van der Waals surface area contributed by atoms with Crippen LogP contribution in [-0.2, 0) is 0 Å². The van der Waals surface area contributed by atoms with Crippen molar-refractivity contribution in [3.63, 3.8) is 0 Å². The number of phenols is 1. The number of alkyl halides is 1. The van der Waals surface area contributed by atoms with E-state index in [4.69, 9.17) is 5.26 Å². The number of piperidine rings is 2. The standard InChI is InChI=1S/C24H24FN7OS/c25-23-17-3-1-2-14(29-17)9-18(23)32(15-5-6-15)21-12-28-24(31-30-21)16-7-4-13(8-19(16)33)20-11-27-22(10-26)34-20/h4,7-8,11-12,14-15,17-18,23,29,33H,1-3,5-6,9H2/t14-,17+,18-,23+/m0/s1. The molecule has 0 radical (unpaired) electrons. The van der Waals surface area contributed by atoms with Gasteiger partial charge in [0.15, 0.2) is 16.6 Å². The Bertz CT molecular complexity index is 1240. The molecule has 2 saturated heterocycles. The Morgan fingerprint density at radius 1 is 1.15 bits per heavy atom. The highest BCUT2D eigenvalue weighted by molar-refractivity contribution is 7.15. The van der Waals surface area contributed by atoms with Crippen LogP contribution in [0.1, 0.15) is 43.5 Å². The molecule has 10 heteroatoms. The zero-order valence-corrected chi connectivity index (χ0v) is 19.2. The number of aromatic nitrogens is 4. The average molecular weight is 478 g/mol. The van der Waals surface area contributed by atoms with Crippen molar-refractivity contribution in [3.8, 4) is 33.6 Å². The maximum atomic E-state index is 15.4. The van der Waals surface area contributed by atoms with Gasteiger partial charge in [0.25, 0.3) is 0 Å². The van der Waals surface area contributed by atoms with E-state index in [1.807, 2.05) is 12.1 Å². The average Bonchev–Trinajstić information content (AvgIpc) is 3.57. The number of rotatable bonds is 5. The highest BCUT2D eigenvalue weighted by Crippen LogP contribution is 2.39. The number of nitrogens with one attached hydrogen (secondary N) is 1. The molecule has 4 atom stereocenters. The molecule has 174 valence electrons. The van der Waals surface area contributed by atoms with Crippen LogP contribution in [0.3, 0.4) is 0 Å². The first-order valence-electron chi connectivity index (χ1n) is 11.7. The van der Waals surface area contributed by atoms with Gasteiger partial charge in [-0.1, -0.05) is 12.5 Å². The fourth-order valence-electron chi connectivity index (χ4n) is 5.27. The van der Waals surface area contributed by atoms with Crippen molar-refractivity contribution in [1.82, 2.24) is 25.5 Å². The van der Waals surface area contributed by atoms with Gasteiger partial charge in [-0.3, -0.25) is 0 Å². The van der Waals surface area contributed by atoms with Gasteiger partial charge in [-0.2, -0.15) is 5.26 Å². The maximum Gasteiger partial charge on any atom is 0.194 e. The lowest BCUT2D eigenvalue weighted by Gasteiger charge is -2.47. The van der Waals surface area contributed by atoms with Crippen LogP contribution in [0.2, 0.25) is 0 Å². The number of fused-ring (bicyclic) bond motifs is 2. The van der Waals surface area contributed by atoms with Crippen molar-refractivity contribution in [2.75, 3.05) is 4.90 Å². The van der Waals surface area contributed by atoms with E-state index in [1.165, 1.54) is 11.3 Å². The summed E-state index contributed by atoms with van der Waals surface area (Å²) in [7, 11) is 0. The summed E-state index contributed by atoms with van der Waals surface area (Å²) < 4.78 is 15.4. The second-order valence-corrected chi connectivity index (χ2v) is 10.3. The molecule has 0 spiro atoms. The van der Waals surface area contributed by atoms with Gasteiger partial charge in [0, 0.05) is 24.3 Å². The number of nitriles is 1. The Labute approximate surface area is 200 Å². The third-order valence-corrected chi connectivity index (χ3v) is 7.98. The predicted octanol–water partition coefficient (Wildman–Crippen LogP) is 3.83. The number of hydrogen-bond acceptors (Lipinski definition) is 9. The lowest BCUT2D eigenvalue weighted by molar-refractivity contribution is 0.104. The Morgan fingerprint density at radius 2 is 2.03 bits per heavy atom. The van der Waals surface area contributed by atoms with Crippen LogP contribution in [0.5, 0.6) is 5.75 Å². The Kier molecular flexibility index (Phi) is 5.38. The third kappa shape index (κ3) is 3.89. The fraction of sp³-hybridized carbons (Fsp3) is 0.458. The third-order valence-electron chi connectivity index (χ3n) is 7.03. The van der Waals surface area contributed by atoms with E-state index in [-0.39, 0.29) is 23.9 Å². The molecule has 2 N–H and O–H groups in total. The van der Waals surface area contributed by atoms with Crippen LogP contribution >= 0.6 is 11.3 Å². The van der Waals surface area contributed by atoms with Gasteiger partial charge in [-0.25, -0.2) is 14.4 Å². The number of benzene rings is 1. The smallest absolute Gasteiger partial charge is 0.194 e. The van der Waals surface area contributed by atoms with Gasteiger partial charge in [-0.05, 0) is 49.8 Å². The molecular formula is C24H24FN7OS. The lowest BCUT2D eigenvalue weighted by atomic mass is 9.82. The second-order valence-electron chi connectivity index (χ2n) is 9.30. The fourth-order valence-corrected chi connectivity index (χ4v) is 5.98. The van der Waals surface area contributed by atoms with E-state index < -0.39 is 6.17 Å². The van der Waals surface area contributed by atoms with E-state index in [0.29, 0.717) is 28.3 Å². The Morgan fingerprint density at radius 3 is 2.74 bits per heavy atom. The minimum atomic E-state index is -0.941. The summed E-state index contributed by atoms with van der Waals surface area (Å²) in [4.78, 5) is 11.4. The van der Waals surface area contributed by atoms with Crippen LogP contribution in [0, 0.1) is 11.3 Å². The van der Waals surface area contributed by atoms with Gasteiger partial charge in [0.2, 0.25) is 0 Å². The van der Waals surface area contributed by atoms with E-state index in [9.17, 15) is 5.11 Å². The molecule has 0 amide bonds. The number of hydrogen-bond donors (Lipinski definition) is 2. The van der Waals surface area contributed by atoms with Crippen molar-refractivity contribution < 1.29 is 9.50 Å². The van der Waals surface area contributed by atoms with Crippen molar-refractivity contribution in [2.45, 2.75) is 68.9 Å². The van der Waals surface area contributed by atoms with Gasteiger partial charge in [0.05, 0.1) is 22.7 Å². The number of anilines is 1. The van der Waals surface area contributed by atoms with Crippen molar-refractivity contribution in [1.29, 1.82) is 5.26 Å². The highest BCUT2D eigenvalue weighted by Gasteiger charge is 2.46. The largest absolute Gasteiger partial charge is 0.507 e.